The van der Waals surface area contributed by atoms with Gasteiger partial charge < -0.3 is 0 Å². The van der Waals surface area contributed by atoms with Crippen molar-refractivity contribution < 1.29 is 13.2 Å². The molecule has 0 aliphatic carbocycles. The quantitative estimate of drug-likeness (QED) is 0.748. The van der Waals surface area contributed by atoms with Crippen molar-refractivity contribution in [3.8, 4) is 0 Å². The van der Waals surface area contributed by atoms with Gasteiger partial charge in [-0.05, 0) is 30.3 Å². The maximum Gasteiger partial charge on any atom is 0.269 e. The lowest BCUT2D eigenvalue weighted by Crippen LogP contribution is -2.37. The van der Waals surface area contributed by atoms with Crippen LogP contribution < -0.4 is 0 Å². The smallest absolute Gasteiger partial charge is 0.268 e. The number of halogens is 2. The molecule has 0 aliphatic rings. The standard InChI is InChI=1S/C16H13Cl2NO3S/c1-2-10-19(23(21,22)13-6-4-3-5-7-13)16(20)14-11-12(17)8-9-15(14)18/h2-9,11H,1,10H2. The van der Waals surface area contributed by atoms with Crippen LogP contribution in [0, 0.1) is 0 Å². The summed E-state index contributed by atoms with van der Waals surface area (Å²) in [5.74, 6) is -0.763. The molecule has 0 bridgehead atoms. The first-order valence-electron chi connectivity index (χ1n) is 6.56. The Bertz CT molecular complexity index is 836. The molecule has 0 atom stereocenters. The fourth-order valence-corrected chi connectivity index (χ4v) is 3.67. The van der Waals surface area contributed by atoms with Crippen LogP contribution in [0.15, 0.2) is 66.1 Å². The number of carbonyl (C=O) groups is 1. The second kappa shape index (κ2) is 7.17. The minimum Gasteiger partial charge on any atom is -0.268 e. The third kappa shape index (κ3) is 3.75. The van der Waals surface area contributed by atoms with Crippen LogP contribution >= 0.6 is 23.2 Å². The summed E-state index contributed by atoms with van der Waals surface area (Å²) in [6.45, 7) is 3.32. The molecule has 0 N–H and O–H groups in total. The number of nitrogens with zero attached hydrogens (tertiary/aromatic N) is 1. The predicted octanol–water partition coefficient (Wildman–Crippen LogP) is 4.01. The van der Waals surface area contributed by atoms with Crippen molar-refractivity contribution in [3.63, 3.8) is 0 Å². The molecule has 0 heterocycles. The van der Waals surface area contributed by atoms with E-state index < -0.39 is 15.9 Å². The van der Waals surface area contributed by atoms with E-state index in [2.05, 4.69) is 6.58 Å². The van der Waals surface area contributed by atoms with Crippen LogP contribution in [0.1, 0.15) is 10.4 Å². The van der Waals surface area contributed by atoms with Gasteiger partial charge in [0.25, 0.3) is 15.9 Å². The van der Waals surface area contributed by atoms with Crippen LogP contribution in [-0.4, -0.2) is 25.2 Å². The zero-order valence-corrected chi connectivity index (χ0v) is 14.3. The van der Waals surface area contributed by atoms with Crippen molar-refractivity contribution >= 4 is 39.1 Å². The molecule has 120 valence electrons. The molecule has 0 aliphatic heterocycles. The Labute approximate surface area is 145 Å². The van der Waals surface area contributed by atoms with E-state index in [9.17, 15) is 13.2 Å². The highest BCUT2D eigenvalue weighted by Gasteiger charge is 2.30. The third-order valence-electron chi connectivity index (χ3n) is 3.01. The second-order valence-corrected chi connectivity index (χ2v) is 7.27. The highest BCUT2D eigenvalue weighted by atomic mass is 35.5. The Morgan fingerprint density at radius 2 is 1.78 bits per heavy atom. The molecule has 0 unspecified atom stereocenters. The largest absolute Gasteiger partial charge is 0.269 e. The average molecular weight is 370 g/mol. The van der Waals surface area contributed by atoms with E-state index in [1.807, 2.05) is 0 Å². The van der Waals surface area contributed by atoms with Gasteiger partial charge >= 0.3 is 0 Å². The maximum atomic E-state index is 12.7. The zero-order chi connectivity index (χ0) is 17.0. The molecule has 7 heteroatoms. The van der Waals surface area contributed by atoms with E-state index in [0.29, 0.717) is 4.31 Å². The summed E-state index contributed by atoms with van der Waals surface area (Å²) < 4.78 is 26.1. The summed E-state index contributed by atoms with van der Waals surface area (Å²) in [5.41, 5.74) is 0.0144. The maximum absolute atomic E-state index is 12.7. The Morgan fingerprint density at radius 1 is 1.13 bits per heavy atom. The van der Waals surface area contributed by atoms with Gasteiger partial charge in [-0.15, -0.1) is 6.58 Å². The molecule has 0 saturated heterocycles. The molecule has 2 aromatic carbocycles. The summed E-state index contributed by atoms with van der Waals surface area (Å²) in [4.78, 5) is 12.7. The molecule has 2 rings (SSSR count). The number of hydrogen-bond acceptors (Lipinski definition) is 3. The SMILES string of the molecule is C=CCN(C(=O)c1cc(Cl)ccc1Cl)S(=O)(=O)c1ccccc1. The fourth-order valence-electron chi connectivity index (χ4n) is 1.92. The number of carbonyl (C=O) groups excluding carboxylic acids is 1. The van der Waals surface area contributed by atoms with Gasteiger partial charge in [-0.3, -0.25) is 4.79 Å². The van der Waals surface area contributed by atoms with Crippen molar-refractivity contribution in [2.24, 2.45) is 0 Å². The van der Waals surface area contributed by atoms with Crippen LogP contribution in [0.2, 0.25) is 10.0 Å². The molecular formula is C16H13Cl2NO3S. The van der Waals surface area contributed by atoms with E-state index in [1.54, 1.807) is 18.2 Å². The minimum atomic E-state index is -4.03. The summed E-state index contributed by atoms with van der Waals surface area (Å²) in [5, 5.41) is 0.408. The van der Waals surface area contributed by atoms with Gasteiger partial charge in [-0.2, -0.15) is 0 Å². The summed E-state index contributed by atoms with van der Waals surface area (Å²) in [6, 6.07) is 12.0. The van der Waals surface area contributed by atoms with Crippen LogP contribution in [0.5, 0.6) is 0 Å². The highest BCUT2D eigenvalue weighted by Crippen LogP contribution is 2.25. The molecule has 4 nitrogen and oxygen atoms in total. The molecule has 0 radical (unpaired) electrons. The Kier molecular flexibility index (Phi) is 5.46. The molecule has 2 aromatic rings. The Balaban J connectivity index is 2.52. The lowest BCUT2D eigenvalue weighted by atomic mass is 10.2. The van der Waals surface area contributed by atoms with Crippen LogP contribution in [0.3, 0.4) is 0 Å². The summed E-state index contributed by atoms with van der Waals surface area (Å²) in [6.07, 6.45) is 1.33. The van der Waals surface area contributed by atoms with E-state index in [4.69, 9.17) is 23.2 Å². The van der Waals surface area contributed by atoms with Crippen LogP contribution in [-0.2, 0) is 10.0 Å². The van der Waals surface area contributed by atoms with Crippen molar-refractivity contribution in [1.29, 1.82) is 0 Å². The first-order chi connectivity index (χ1) is 10.9. The van der Waals surface area contributed by atoms with Gasteiger partial charge in [0, 0.05) is 5.02 Å². The van der Waals surface area contributed by atoms with Gasteiger partial charge in [0.2, 0.25) is 0 Å². The lowest BCUT2D eigenvalue weighted by molar-refractivity contribution is 0.0871. The molecular weight excluding hydrogens is 357 g/mol. The Morgan fingerprint density at radius 3 is 2.39 bits per heavy atom. The minimum absolute atomic E-state index is 0.00773. The molecule has 0 spiro atoms. The molecule has 23 heavy (non-hydrogen) atoms. The first kappa shape index (κ1) is 17.5. The number of sulfonamides is 1. The van der Waals surface area contributed by atoms with Crippen LogP contribution in [0.4, 0.5) is 0 Å². The van der Waals surface area contributed by atoms with Gasteiger partial charge in [0.15, 0.2) is 0 Å². The zero-order valence-electron chi connectivity index (χ0n) is 11.9. The van der Waals surface area contributed by atoms with E-state index in [1.165, 1.54) is 36.4 Å². The number of benzene rings is 2. The van der Waals surface area contributed by atoms with Gasteiger partial charge in [-0.1, -0.05) is 47.5 Å². The van der Waals surface area contributed by atoms with Gasteiger partial charge in [0.1, 0.15) is 0 Å². The van der Waals surface area contributed by atoms with E-state index in [-0.39, 0.29) is 27.0 Å². The monoisotopic (exact) mass is 369 g/mol. The molecule has 0 saturated carbocycles. The van der Waals surface area contributed by atoms with Crippen molar-refractivity contribution in [3.05, 3.63) is 76.8 Å². The number of amides is 1. The topological polar surface area (TPSA) is 54.5 Å². The molecule has 0 aromatic heterocycles. The van der Waals surface area contributed by atoms with Crippen molar-refractivity contribution in [2.45, 2.75) is 4.90 Å². The first-order valence-corrected chi connectivity index (χ1v) is 8.75. The number of rotatable bonds is 5. The van der Waals surface area contributed by atoms with E-state index >= 15 is 0 Å². The number of hydrogen-bond donors (Lipinski definition) is 0. The third-order valence-corrected chi connectivity index (χ3v) is 5.34. The van der Waals surface area contributed by atoms with Crippen molar-refractivity contribution in [1.82, 2.24) is 4.31 Å². The summed E-state index contributed by atoms with van der Waals surface area (Å²) >= 11 is 11.9. The summed E-state index contributed by atoms with van der Waals surface area (Å²) in [7, 11) is -4.03. The lowest BCUT2D eigenvalue weighted by Gasteiger charge is -2.21. The fraction of sp³-hybridized carbons (Fsp3) is 0.0625. The average Bonchev–Trinajstić information content (AvgIpc) is 2.55. The van der Waals surface area contributed by atoms with E-state index in [0.717, 1.165) is 0 Å². The van der Waals surface area contributed by atoms with Crippen LogP contribution in [0.25, 0.3) is 0 Å². The van der Waals surface area contributed by atoms with Crippen molar-refractivity contribution in [2.75, 3.05) is 6.54 Å². The Hall–Kier alpha value is -1.82. The normalized spacial score (nSPS) is 11.0. The molecule has 0 fully saturated rings. The van der Waals surface area contributed by atoms with Gasteiger partial charge in [0.05, 0.1) is 22.0 Å². The van der Waals surface area contributed by atoms with Gasteiger partial charge in [-0.25, -0.2) is 12.7 Å². The predicted molar refractivity (Wildman–Crippen MR) is 91.3 cm³/mol. The molecule has 1 amide bonds. The highest BCUT2D eigenvalue weighted by molar-refractivity contribution is 7.89. The second-order valence-electron chi connectivity index (χ2n) is 4.57.